The standard InChI is InChI=1S/C14H14BrN3S/c1-2-16-14(11-8-19-9-12(11)15)10-7-17-18-6-4-3-5-13(10)18/h3-9,14,16H,2H2,1H3. The highest BCUT2D eigenvalue weighted by Crippen LogP contribution is 2.33. The van der Waals surface area contributed by atoms with Crippen molar-refractivity contribution in [2.45, 2.75) is 13.0 Å². The van der Waals surface area contributed by atoms with E-state index in [-0.39, 0.29) is 6.04 Å². The molecule has 0 saturated carbocycles. The van der Waals surface area contributed by atoms with E-state index < -0.39 is 0 Å². The Morgan fingerprint density at radius 1 is 1.37 bits per heavy atom. The van der Waals surface area contributed by atoms with Crippen LogP contribution in [-0.2, 0) is 0 Å². The summed E-state index contributed by atoms with van der Waals surface area (Å²) in [5.74, 6) is 0. The van der Waals surface area contributed by atoms with E-state index in [2.05, 4.69) is 50.1 Å². The van der Waals surface area contributed by atoms with Gasteiger partial charge in [-0.25, -0.2) is 4.52 Å². The molecule has 19 heavy (non-hydrogen) atoms. The highest BCUT2D eigenvalue weighted by molar-refractivity contribution is 9.10. The molecule has 0 spiro atoms. The van der Waals surface area contributed by atoms with Gasteiger partial charge in [0.05, 0.1) is 17.8 Å². The Kier molecular flexibility index (Phi) is 3.68. The van der Waals surface area contributed by atoms with Crippen molar-refractivity contribution in [1.82, 2.24) is 14.9 Å². The molecule has 0 aliphatic heterocycles. The Hall–Kier alpha value is -1.17. The first kappa shape index (κ1) is 12.8. The van der Waals surface area contributed by atoms with E-state index in [1.54, 1.807) is 11.3 Å². The minimum absolute atomic E-state index is 0.172. The molecule has 0 aromatic carbocycles. The van der Waals surface area contributed by atoms with Crippen LogP contribution in [0.3, 0.4) is 0 Å². The van der Waals surface area contributed by atoms with Crippen LogP contribution in [0.25, 0.3) is 5.52 Å². The normalized spacial score (nSPS) is 12.9. The van der Waals surface area contributed by atoms with Crippen molar-refractivity contribution in [1.29, 1.82) is 0 Å². The molecule has 0 bridgehead atoms. The van der Waals surface area contributed by atoms with Crippen LogP contribution in [0.15, 0.2) is 45.8 Å². The number of nitrogens with one attached hydrogen (secondary N) is 1. The lowest BCUT2D eigenvalue weighted by Gasteiger charge is -2.16. The summed E-state index contributed by atoms with van der Waals surface area (Å²) in [6, 6.07) is 6.32. The van der Waals surface area contributed by atoms with Gasteiger partial charge < -0.3 is 5.32 Å². The van der Waals surface area contributed by atoms with Gasteiger partial charge in [0.25, 0.3) is 0 Å². The summed E-state index contributed by atoms with van der Waals surface area (Å²) in [5, 5.41) is 12.3. The van der Waals surface area contributed by atoms with Gasteiger partial charge in [-0.15, -0.1) is 0 Å². The monoisotopic (exact) mass is 335 g/mol. The predicted octanol–water partition coefficient (Wildman–Crippen LogP) is 3.86. The van der Waals surface area contributed by atoms with Crippen LogP contribution in [0, 0.1) is 0 Å². The highest BCUT2D eigenvalue weighted by atomic mass is 79.9. The van der Waals surface area contributed by atoms with Crippen molar-refractivity contribution >= 4 is 32.8 Å². The van der Waals surface area contributed by atoms with Gasteiger partial charge in [0.1, 0.15) is 0 Å². The van der Waals surface area contributed by atoms with E-state index in [4.69, 9.17) is 0 Å². The summed E-state index contributed by atoms with van der Waals surface area (Å²) < 4.78 is 3.07. The van der Waals surface area contributed by atoms with Crippen molar-refractivity contribution in [2.75, 3.05) is 6.54 Å². The highest BCUT2D eigenvalue weighted by Gasteiger charge is 2.20. The van der Waals surface area contributed by atoms with Gasteiger partial charge in [0.2, 0.25) is 0 Å². The Balaban J connectivity index is 2.12. The maximum atomic E-state index is 4.43. The van der Waals surface area contributed by atoms with E-state index in [1.165, 1.54) is 11.1 Å². The third-order valence-corrected chi connectivity index (χ3v) is 4.88. The number of halogens is 1. The second kappa shape index (κ2) is 5.45. The molecule has 1 unspecified atom stereocenters. The number of thiophene rings is 1. The SMILES string of the molecule is CCNC(c1cscc1Br)c1cnn2ccccc12. The van der Waals surface area contributed by atoms with E-state index in [0.29, 0.717) is 0 Å². The zero-order chi connectivity index (χ0) is 13.2. The van der Waals surface area contributed by atoms with Gasteiger partial charge in [-0.2, -0.15) is 16.4 Å². The number of nitrogens with zero attached hydrogens (tertiary/aromatic N) is 2. The summed E-state index contributed by atoms with van der Waals surface area (Å²) in [6.07, 6.45) is 3.93. The molecular weight excluding hydrogens is 322 g/mol. The van der Waals surface area contributed by atoms with E-state index in [0.717, 1.165) is 16.5 Å². The zero-order valence-corrected chi connectivity index (χ0v) is 12.9. The average Bonchev–Trinajstić information content (AvgIpc) is 3.03. The first-order valence-electron chi connectivity index (χ1n) is 6.18. The molecule has 0 fully saturated rings. The Labute approximate surface area is 124 Å². The second-order valence-corrected chi connectivity index (χ2v) is 5.89. The molecule has 98 valence electrons. The van der Waals surface area contributed by atoms with Crippen molar-refractivity contribution < 1.29 is 0 Å². The number of aromatic nitrogens is 2. The average molecular weight is 336 g/mol. The van der Waals surface area contributed by atoms with Gasteiger partial charge in [-0.3, -0.25) is 0 Å². The predicted molar refractivity (Wildman–Crippen MR) is 82.7 cm³/mol. The smallest absolute Gasteiger partial charge is 0.0712 e. The number of rotatable bonds is 4. The Morgan fingerprint density at radius 3 is 3.00 bits per heavy atom. The summed E-state index contributed by atoms with van der Waals surface area (Å²) in [7, 11) is 0. The van der Waals surface area contributed by atoms with E-state index in [9.17, 15) is 0 Å². The van der Waals surface area contributed by atoms with Gasteiger partial charge in [0.15, 0.2) is 0 Å². The fourth-order valence-corrected chi connectivity index (χ4v) is 3.82. The van der Waals surface area contributed by atoms with Crippen molar-refractivity contribution in [3.63, 3.8) is 0 Å². The molecule has 3 rings (SSSR count). The molecule has 0 aliphatic carbocycles. The fourth-order valence-electron chi connectivity index (χ4n) is 2.27. The van der Waals surface area contributed by atoms with Gasteiger partial charge in [-0.05, 0) is 45.6 Å². The molecular formula is C14H14BrN3S. The van der Waals surface area contributed by atoms with E-state index in [1.807, 2.05) is 29.0 Å². The lowest BCUT2D eigenvalue weighted by Crippen LogP contribution is -2.21. The molecule has 3 aromatic heterocycles. The molecule has 3 aromatic rings. The van der Waals surface area contributed by atoms with E-state index >= 15 is 0 Å². The maximum Gasteiger partial charge on any atom is 0.0712 e. The molecule has 1 atom stereocenters. The van der Waals surface area contributed by atoms with Crippen LogP contribution in [0.5, 0.6) is 0 Å². The molecule has 0 aliphatic rings. The van der Waals surface area contributed by atoms with Crippen LogP contribution in [0.2, 0.25) is 0 Å². The third kappa shape index (κ3) is 2.33. The van der Waals surface area contributed by atoms with Crippen molar-refractivity contribution in [3.8, 4) is 0 Å². The summed E-state index contributed by atoms with van der Waals surface area (Å²) in [4.78, 5) is 0. The fraction of sp³-hybridized carbons (Fsp3) is 0.214. The molecule has 3 nitrogen and oxygen atoms in total. The molecule has 3 heterocycles. The molecule has 0 saturated heterocycles. The van der Waals surface area contributed by atoms with Gasteiger partial charge >= 0.3 is 0 Å². The number of pyridine rings is 1. The minimum atomic E-state index is 0.172. The Bertz CT molecular complexity index is 689. The number of hydrogen-bond acceptors (Lipinski definition) is 3. The lowest BCUT2D eigenvalue weighted by molar-refractivity contribution is 0.634. The largest absolute Gasteiger partial charge is 0.306 e. The van der Waals surface area contributed by atoms with Gasteiger partial charge in [-0.1, -0.05) is 13.0 Å². The number of fused-ring (bicyclic) bond motifs is 1. The summed E-state index contributed by atoms with van der Waals surface area (Å²) in [5.41, 5.74) is 3.62. The molecule has 1 N–H and O–H groups in total. The van der Waals surface area contributed by atoms with Crippen LogP contribution in [0.4, 0.5) is 0 Å². The van der Waals surface area contributed by atoms with Crippen LogP contribution in [0.1, 0.15) is 24.1 Å². The first-order valence-corrected chi connectivity index (χ1v) is 7.92. The molecule has 0 amide bonds. The quantitative estimate of drug-likeness (QED) is 0.784. The maximum absolute atomic E-state index is 4.43. The zero-order valence-electron chi connectivity index (χ0n) is 10.5. The van der Waals surface area contributed by atoms with Crippen LogP contribution < -0.4 is 5.32 Å². The summed E-state index contributed by atoms with van der Waals surface area (Å²) >= 11 is 5.34. The van der Waals surface area contributed by atoms with Crippen molar-refractivity contribution in [3.05, 3.63) is 57.0 Å². The molecule has 5 heteroatoms. The summed E-state index contributed by atoms with van der Waals surface area (Å²) in [6.45, 7) is 3.04. The topological polar surface area (TPSA) is 29.3 Å². The lowest BCUT2D eigenvalue weighted by atomic mass is 10.0. The number of hydrogen-bond donors (Lipinski definition) is 1. The van der Waals surface area contributed by atoms with Crippen LogP contribution >= 0.6 is 27.3 Å². The molecule has 0 radical (unpaired) electrons. The van der Waals surface area contributed by atoms with Crippen LogP contribution in [-0.4, -0.2) is 16.2 Å². The first-order chi connectivity index (χ1) is 9.31. The van der Waals surface area contributed by atoms with Gasteiger partial charge in [0, 0.05) is 21.6 Å². The third-order valence-electron chi connectivity index (χ3n) is 3.13. The minimum Gasteiger partial charge on any atom is -0.306 e. The second-order valence-electron chi connectivity index (χ2n) is 4.30. The Morgan fingerprint density at radius 2 is 2.26 bits per heavy atom. The van der Waals surface area contributed by atoms with Crippen molar-refractivity contribution in [2.24, 2.45) is 0 Å².